The van der Waals surface area contributed by atoms with Crippen molar-refractivity contribution in [2.45, 2.75) is 31.6 Å². The molecule has 2 aromatic carbocycles. The van der Waals surface area contributed by atoms with E-state index in [1.54, 1.807) is 11.0 Å². The Labute approximate surface area is 166 Å². The standard InChI is InChI=1S/C21H17ClFN3O2/c22-17-9-14(5-7-18(17)23)20-24-21(28-25-20)15-10-19(27)26(11-15)16-6-4-12-2-1-3-13(12)8-16/h4-9,15H,1-3,10-11H2. The van der Waals surface area contributed by atoms with Crippen molar-refractivity contribution in [1.82, 2.24) is 10.1 Å². The van der Waals surface area contributed by atoms with Gasteiger partial charge >= 0.3 is 0 Å². The fourth-order valence-corrected chi connectivity index (χ4v) is 4.18. The maximum absolute atomic E-state index is 13.4. The number of nitrogens with zero attached hydrogens (tertiary/aromatic N) is 3. The van der Waals surface area contributed by atoms with Crippen LogP contribution in [0.15, 0.2) is 40.9 Å². The van der Waals surface area contributed by atoms with Gasteiger partial charge < -0.3 is 9.42 Å². The minimum atomic E-state index is -0.500. The Hall–Kier alpha value is -2.73. The van der Waals surface area contributed by atoms with Gasteiger partial charge in [-0.1, -0.05) is 22.8 Å². The molecule has 1 aliphatic carbocycles. The highest BCUT2D eigenvalue weighted by Gasteiger charge is 2.35. The Morgan fingerprint density at radius 2 is 2.00 bits per heavy atom. The van der Waals surface area contributed by atoms with E-state index < -0.39 is 5.82 Å². The molecule has 28 heavy (non-hydrogen) atoms. The molecule has 5 nitrogen and oxygen atoms in total. The molecule has 0 saturated carbocycles. The van der Waals surface area contributed by atoms with E-state index in [4.69, 9.17) is 16.1 Å². The van der Waals surface area contributed by atoms with Crippen LogP contribution in [0.4, 0.5) is 10.1 Å². The van der Waals surface area contributed by atoms with Crippen LogP contribution in [0, 0.1) is 5.82 Å². The highest BCUT2D eigenvalue weighted by molar-refractivity contribution is 6.31. The summed E-state index contributed by atoms with van der Waals surface area (Å²) < 4.78 is 18.8. The normalized spacial score (nSPS) is 18.7. The molecule has 0 N–H and O–H groups in total. The van der Waals surface area contributed by atoms with E-state index in [2.05, 4.69) is 22.3 Å². The molecular formula is C21H17ClFN3O2. The molecule has 142 valence electrons. The third kappa shape index (κ3) is 2.98. The highest BCUT2D eigenvalue weighted by Crippen LogP contribution is 2.34. The van der Waals surface area contributed by atoms with Crippen molar-refractivity contribution in [3.05, 3.63) is 64.3 Å². The second-order valence-corrected chi connectivity index (χ2v) is 7.70. The molecule has 2 aliphatic rings. The van der Waals surface area contributed by atoms with E-state index in [9.17, 15) is 9.18 Å². The number of hydrogen-bond acceptors (Lipinski definition) is 4. The van der Waals surface area contributed by atoms with Crippen molar-refractivity contribution >= 4 is 23.2 Å². The van der Waals surface area contributed by atoms with Crippen molar-refractivity contribution in [2.24, 2.45) is 0 Å². The zero-order chi connectivity index (χ0) is 19.3. The lowest BCUT2D eigenvalue weighted by Crippen LogP contribution is -2.24. The molecule has 1 unspecified atom stereocenters. The molecule has 1 saturated heterocycles. The monoisotopic (exact) mass is 397 g/mol. The zero-order valence-corrected chi connectivity index (χ0v) is 15.7. The first kappa shape index (κ1) is 17.4. The third-order valence-electron chi connectivity index (χ3n) is 5.49. The fourth-order valence-electron chi connectivity index (χ4n) is 4.00. The van der Waals surface area contributed by atoms with Crippen LogP contribution in [0.25, 0.3) is 11.4 Å². The van der Waals surface area contributed by atoms with Gasteiger partial charge in [-0.3, -0.25) is 4.79 Å². The molecule has 3 aromatic rings. The lowest BCUT2D eigenvalue weighted by atomic mass is 10.1. The SMILES string of the molecule is O=C1CC(c2nc(-c3ccc(F)c(Cl)c3)no2)CN1c1ccc2c(c1)CCC2. The molecule has 1 fully saturated rings. The van der Waals surface area contributed by atoms with Crippen LogP contribution in [0.3, 0.4) is 0 Å². The van der Waals surface area contributed by atoms with Gasteiger partial charge in [0.05, 0.1) is 10.9 Å². The van der Waals surface area contributed by atoms with Crippen LogP contribution in [-0.2, 0) is 17.6 Å². The van der Waals surface area contributed by atoms with Crippen molar-refractivity contribution in [3.8, 4) is 11.4 Å². The predicted molar refractivity (Wildman–Crippen MR) is 103 cm³/mol. The molecular weight excluding hydrogens is 381 g/mol. The summed E-state index contributed by atoms with van der Waals surface area (Å²) in [6, 6.07) is 10.5. The Morgan fingerprint density at radius 1 is 1.14 bits per heavy atom. The van der Waals surface area contributed by atoms with Gasteiger partial charge in [0.25, 0.3) is 0 Å². The molecule has 0 radical (unpaired) electrons. The molecule has 1 aliphatic heterocycles. The number of aromatic nitrogens is 2. The summed E-state index contributed by atoms with van der Waals surface area (Å²) in [5.74, 6) is 0.124. The minimum Gasteiger partial charge on any atom is -0.339 e. The van der Waals surface area contributed by atoms with E-state index >= 15 is 0 Å². The number of amides is 1. The van der Waals surface area contributed by atoms with Crippen molar-refractivity contribution in [2.75, 3.05) is 11.4 Å². The average molecular weight is 398 g/mol. The lowest BCUT2D eigenvalue weighted by molar-refractivity contribution is -0.117. The van der Waals surface area contributed by atoms with Crippen molar-refractivity contribution in [3.63, 3.8) is 0 Å². The van der Waals surface area contributed by atoms with Crippen molar-refractivity contribution < 1.29 is 13.7 Å². The number of rotatable bonds is 3. The summed E-state index contributed by atoms with van der Waals surface area (Å²) in [5, 5.41) is 3.98. The first-order valence-electron chi connectivity index (χ1n) is 9.29. The Balaban J connectivity index is 1.37. The van der Waals surface area contributed by atoms with Gasteiger partial charge in [-0.2, -0.15) is 4.98 Å². The molecule has 2 heterocycles. The number of carbonyl (C=O) groups is 1. The van der Waals surface area contributed by atoms with Crippen LogP contribution >= 0.6 is 11.6 Å². The Morgan fingerprint density at radius 3 is 2.86 bits per heavy atom. The van der Waals surface area contributed by atoms with Crippen LogP contribution in [-0.4, -0.2) is 22.6 Å². The number of anilines is 1. The third-order valence-corrected chi connectivity index (χ3v) is 5.78. The number of fused-ring (bicyclic) bond motifs is 1. The lowest BCUT2D eigenvalue weighted by Gasteiger charge is -2.17. The summed E-state index contributed by atoms with van der Waals surface area (Å²) in [5.41, 5.74) is 4.22. The number of carbonyl (C=O) groups excluding carboxylic acids is 1. The molecule has 0 spiro atoms. The minimum absolute atomic E-state index is 0.00248. The van der Waals surface area contributed by atoms with Crippen LogP contribution in [0.2, 0.25) is 5.02 Å². The van der Waals surface area contributed by atoms with E-state index in [0.29, 0.717) is 30.2 Å². The smallest absolute Gasteiger partial charge is 0.232 e. The van der Waals surface area contributed by atoms with Crippen LogP contribution in [0.1, 0.15) is 35.8 Å². The number of halogens is 2. The van der Waals surface area contributed by atoms with E-state index in [-0.39, 0.29) is 16.8 Å². The number of hydrogen-bond donors (Lipinski definition) is 0. The van der Waals surface area contributed by atoms with Gasteiger partial charge in [-0.15, -0.1) is 0 Å². The first-order valence-corrected chi connectivity index (χ1v) is 9.67. The van der Waals surface area contributed by atoms with E-state index in [1.807, 2.05) is 6.07 Å². The summed E-state index contributed by atoms with van der Waals surface area (Å²) >= 11 is 5.83. The van der Waals surface area contributed by atoms with Gasteiger partial charge in [0.2, 0.25) is 17.6 Å². The number of aryl methyl sites for hydroxylation is 2. The van der Waals surface area contributed by atoms with Gasteiger partial charge in [0, 0.05) is 24.2 Å². The molecule has 1 atom stereocenters. The van der Waals surface area contributed by atoms with Gasteiger partial charge in [-0.25, -0.2) is 4.39 Å². The van der Waals surface area contributed by atoms with Gasteiger partial charge in [0.1, 0.15) is 5.82 Å². The predicted octanol–water partition coefficient (Wildman–Crippen LogP) is 4.54. The topological polar surface area (TPSA) is 59.2 Å². The first-order chi connectivity index (χ1) is 13.6. The molecule has 1 aromatic heterocycles. The molecule has 1 amide bonds. The Bertz CT molecular complexity index is 1080. The van der Waals surface area contributed by atoms with Gasteiger partial charge in [-0.05, 0) is 60.7 Å². The second-order valence-electron chi connectivity index (χ2n) is 7.30. The zero-order valence-electron chi connectivity index (χ0n) is 15.0. The van der Waals surface area contributed by atoms with Crippen molar-refractivity contribution in [1.29, 1.82) is 0 Å². The van der Waals surface area contributed by atoms with E-state index in [1.165, 1.54) is 29.7 Å². The largest absolute Gasteiger partial charge is 0.339 e. The fraction of sp³-hybridized carbons (Fsp3) is 0.286. The van der Waals surface area contributed by atoms with Crippen LogP contribution in [0.5, 0.6) is 0 Å². The molecule has 0 bridgehead atoms. The molecule has 5 rings (SSSR count). The summed E-state index contributed by atoms with van der Waals surface area (Å²) in [6.07, 6.45) is 3.68. The molecule has 7 heteroatoms. The summed E-state index contributed by atoms with van der Waals surface area (Å²) in [4.78, 5) is 18.8. The maximum atomic E-state index is 13.4. The summed E-state index contributed by atoms with van der Waals surface area (Å²) in [7, 11) is 0. The highest BCUT2D eigenvalue weighted by atomic mass is 35.5. The average Bonchev–Trinajstić information content (AvgIpc) is 3.42. The van der Waals surface area contributed by atoms with E-state index in [0.717, 1.165) is 18.5 Å². The van der Waals surface area contributed by atoms with Gasteiger partial charge in [0.15, 0.2) is 0 Å². The maximum Gasteiger partial charge on any atom is 0.232 e. The number of benzene rings is 2. The summed E-state index contributed by atoms with van der Waals surface area (Å²) in [6.45, 7) is 0.503. The Kier molecular flexibility index (Phi) is 4.16. The second kappa shape index (κ2) is 6.71. The van der Waals surface area contributed by atoms with Crippen LogP contribution < -0.4 is 4.90 Å². The quantitative estimate of drug-likeness (QED) is 0.651.